The molecule has 0 radical (unpaired) electrons. The van der Waals surface area contributed by atoms with Gasteiger partial charge in [-0.3, -0.25) is 0 Å². The molecule has 2 nitrogen and oxygen atoms in total. The lowest BCUT2D eigenvalue weighted by Crippen LogP contribution is -2.21. The number of rotatable bonds is 2. The Kier molecular flexibility index (Phi) is 4.41. The van der Waals surface area contributed by atoms with E-state index in [1.54, 1.807) is 18.2 Å². The molecule has 1 aliphatic heterocycles. The highest BCUT2D eigenvalue weighted by Gasteiger charge is 2.25. The van der Waals surface area contributed by atoms with Gasteiger partial charge in [-0.05, 0) is 24.3 Å². The number of halogens is 4. The van der Waals surface area contributed by atoms with E-state index in [-0.39, 0.29) is 6.04 Å². The molecule has 2 aromatic rings. The normalized spacial score (nSPS) is 17.0. The van der Waals surface area contributed by atoms with Crippen LogP contribution in [-0.2, 0) is 0 Å². The van der Waals surface area contributed by atoms with Crippen molar-refractivity contribution in [3.8, 4) is 5.75 Å². The lowest BCUT2D eigenvalue weighted by atomic mass is 10.00. The van der Waals surface area contributed by atoms with Crippen molar-refractivity contribution in [1.29, 1.82) is 0 Å². The highest BCUT2D eigenvalue weighted by atomic mass is 35.5. The topological polar surface area (TPSA) is 21.3 Å². The molecule has 0 saturated heterocycles. The molecule has 0 saturated carbocycles. The van der Waals surface area contributed by atoms with E-state index in [0.717, 1.165) is 12.0 Å². The lowest BCUT2D eigenvalue weighted by Gasteiger charge is -2.29. The Morgan fingerprint density at radius 1 is 1.00 bits per heavy atom. The molecule has 0 bridgehead atoms. The second-order valence-electron chi connectivity index (χ2n) is 4.74. The van der Waals surface area contributed by atoms with Crippen LogP contribution in [-0.4, -0.2) is 6.61 Å². The third kappa shape index (κ3) is 3.04. The van der Waals surface area contributed by atoms with Crippen LogP contribution in [0, 0.1) is 0 Å². The molecule has 110 valence electrons. The Labute approximate surface area is 142 Å². The molecule has 0 aromatic heterocycles. The maximum atomic E-state index is 6.21. The monoisotopic (exact) mass is 361 g/mol. The van der Waals surface area contributed by atoms with Crippen LogP contribution >= 0.6 is 46.4 Å². The van der Waals surface area contributed by atoms with Crippen molar-refractivity contribution in [2.24, 2.45) is 0 Å². The molecule has 1 aliphatic rings. The number of hydrogen-bond donors (Lipinski definition) is 1. The summed E-state index contributed by atoms with van der Waals surface area (Å²) in [6.07, 6.45) is 0.769. The van der Waals surface area contributed by atoms with Crippen molar-refractivity contribution in [3.63, 3.8) is 0 Å². The minimum atomic E-state index is -0.0117. The first-order valence-electron chi connectivity index (χ1n) is 6.38. The number of nitrogens with one attached hydrogen (secondary N) is 1. The quantitative estimate of drug-likeness (QED) is 0.682. The molecule has 1 unspecified atom stereocenters. The van der Waals surface area contributed by atoms with Crippen LogP contribution in [0.15, 0.2) is 30.3 Å². The van der Waals surface area contributed by atoms with E-state index in [0.29, 0.717) is 38.1 Å². The van der Waals surface area contributed by atoms with Crippen molar-refractivity contribution in [2.75, 3.05) is 11.9 Å². The van der Waals surface area contributed by atoms with Gasteiger partial charge in [0.25, 0.3) is 0 Å². The zero-order valence-electron chi connectivity index (χ0n) is 10.8. The minimum Gasteiger partial charge on any atom is -0.492 e. The molecule has 1 heterocycles. The van der Waals surface area contributed by atoms with Crippen LogP contribution in [0.1, 0.15) is 18.0 Å². The van der Waals surface area contributed by atoms with Gasteiger partial charge in [0.05, 0.1) is 33.4 Å². The van der Waals surface area contributed by atoms with Gasteiger partial charge in [0.15, 0.2) is 0 Å². The molecule has 1 atom stereocenters. The molecular formula is C15H11Cl4NO. The van der Waals surface area contributed by atoms with E-state index in [2.05, 4.69) is 5.32 Å². The number of hydrogen-bond acceptors (Lipinski definition) is 2. The van der Waals surface area contributed by atoms with E-state index in [9.17, 15) is 0 Å². The standard InChI is InChI=1S/C15H11Cl4NO/c16-8-6-9-13(4-5-21-15(9)12(19)7-8)20-14-10(17)2-1-3-11(14)18/h1-3,6-7,13,20H,4-5H2. The Hall–Kier alpha value is -0.800. The van der Waals surface area contributed by atoms with Crippen molar-refractivity contribution in [3.05, 3.63) is 56.0 Å². The Morgan fingerprint density at radius 2 is 1.71 bits per heavy atom. The molecule has 0 aliphatic carbocycles. The molecule has 0 fully saturated rings. The fraction of sp³-hybridized carbons (Fsp3) is 0.200. The van der Waals surface area contributed by atoms with Gasteiger partial charge in [0.2, 0.25) is 0 Å². The summed E-state index contributed by atoms with van der Waals surface area (Å²) in [6, 6.07) is 8.91. The van der Waals surface area contributed by atoms with Gasteiger partial charge in [-0.15, -0.1) is 0 Å². The Bertz CT molecular complexity index is 669. The van der Waals surface area contributed by atoms with Gasteiger partial charge in [0, 0.05) is 17.0 Å². The van der Waals surface area contributed by atoms with Crippen molar-refractivity contribution in [2.45, 2.75) is 12.5 Å². The second kappa shape index (κ2) is 6.13. The first-order chi connectivity index (χ1) is 10.1. The molecule has 0 spiro atoms. The largest absolute Gasteiger partial charge is 0.492 e. The smallest absolute Gasteiger partial charge is 0.143 e. The maximum Gasteiger partial charge on any atom is 0.143 e. The van der Waals surface area contributed by atoms with E-state index in [4.69, 9.17) is 51.1 Å². The van der Waals surface area contributed by atoms with E-state index in [1.165, 1.54) is 0 Å². The first-order valence-corrected chi connectivity index (χ1v) is 7.89. The molecular weight excluding hydrogens is 352 g/mol. The number of benzene rings is 2. The summed E-state index contributed by atoms with van der Waals surface area (Å²) in [5.74, 6) is 0.660. The average molecular weight is 363 g/mol. The molecule has 6 heteroatoms. The van der Waals surface area contributed by atoms with Gasteiger partial charge in [-0.25, -0.2) is 0 Å². The van der Waals surface area contributed by atoms with Crippen LogP contribution in [0.25, 0.3) is 0 Å². The number of para-hydroxylation sites is 1. The van der Waals surface area contributed by atoms with Crippen LogP contribution in [0.2, 0.25) is 20.1 Å². The summed E-state index contributed by atoms with van der Waals surface area (Å²) in [4.78, 5) is 0. The van der Waals surface area contributed by atoms with E-state index >= 15 is 0 Å². The summed E-state index contributed by atoms with van der Waals surface area (Å²) >= 11 is 24.7. The van der Waals surface area contributed by atoms with Crippen LogP contribution < -0.4 is 10.1 Å². The molecule has 1 N–H and O–H groups in total. The summed E-state index contributed by atoms with van der Waals surface area (Å²) < 4.78 is 5.64. The van der Waals surface area contributed by atoms with Crippen LogP contribution in [0.4, 0.5) is 5.69 Å². The van der Waals surface area contributed by atoms with Crippen LogP contribution in [0.5, 0.6) is 5.75 Å². The Morgan fingerprint density at radius 3 is 2.43 bits per heavy atom. The number of ether oxygens (including phenoxy) is 1. The molecule has 2 aromatic carbocycles. The predicted molar refractivity (Wildman–Crippen MR) is 89.4 cm³/mol. The van der Waals surface area contributed by atoms with Crippen molar-refractivity contribution in [1.82, 2.24) is 0 Å². The summed E-state index contributed by atoms with van der Waals surface area (Å²) in [7, 11) is 0. The van der Waals surface area contributed by atoms with Gasteiger partial charge in [-0.1, -0.05) is 52.5 Å². The van der Waals surface area contributed by atoms with Gasteiger partial charge in [-0.2, -0.15) is 0 Å². The fourth-order valence-corrected chi connectivity index (χ4v) is 3.46. The average Bonchev–Trinajstić information content (AvgIpc) is 2.43. The number of anilines is 1. The third-order valence-corrected chi connectivity index (χ3v) is 4.48. The highest BCUT2D eigenvalue weighted by Crippen LogP contribution is 2.42. The molecule has 21 heavy (non-hydrogen) atoms. The lowest BCUT2D eigenvalue weighted by molar-refractivity contribution is 0.274. The SMILES string of the molecule is Clc1cc(Cl)c2c(c1)C(Nc1c(Cl)cccc1Cl)CCO2. The van der Waals surface area contributed by atoms with Gasteiger partial charge >= 0.3 is 0 Å². The summed E-state index contributed by atoms with van der Waals surface area (Å²) in [5.41, 5.74) is 1.62. The predicted octanol–water partition coefficient (Wildman–Crippen LogP) is 6.24. The second-order valence-corrected chi connectivity index (χ2v) is 6.39. The summed E-state index contributed by atoms with van der Waals surface area (Å²) in [5, 5.41) is 5.59. The third-order valence-electron chi connectivity index (χ3n) is 3.35. The molecule has 3 rings (SSSR count). The summed E-state index contributed by atoms with van der Waals surface area (Å²) in [6.45, 7) is 0.564. The van der Waals surface area contributed by atoms with E-state index in [1.807, 2.05) is 12.1 Å². The highest BCUT2D eigenvalue weighted by molar-refractivity contribution is 6.39. The van der Waals surface area contributed by atoms with E-state index < -0.39 is 0 Å². The zero-order chi connectivity index (χ0) is 15.0. The minimum absolute atomic E-state index is 0.0117. The molecule has 0 amide bonds. The van der Waals surface area contributed by atoms with Gasteiger partial charge < -0.3 is 10.1 Å². The zero-order valence-corrected chi connectivity index (χ0v) is 13.8. The van der Waals surface area contributed by atoms with Gasteiger partial charge in [0.1, 0.15) is 5.75 Å². The van der Waals surface area contributed by atoms with Crippen LogP contribution in [0.3, 0.4) is 0 Å². The van der Waals surface area contributed by atoms with Crippen molar-refractivity contribution < 1.29 is 4.74 Å². The fourth-order valence-electron chi connectivity index (χ4n) is 2.39. The number of fused-ring (bicyclic) bond motifs is 1. The first kappa shape index (κ1) is 15.1. The van der Waals surface area contributed by atoms with Crippen molar-refractivity contribution >= 4 is 52.1 Å². The Balaban J connectivity index is 1.99. The maximum absolute atomic E-state index is 6.21.